The number of carbonyl (C=O) groups is 3. The second-order valence-corrected chi connectivity index (χ2v) is 19.2. The zero-order valence-electron chi connectivity index (χ0n) is 43.3. The number of nitrogens with zero attached hydrogens (tertiary/aromatic N) is 1. The van der Waals surface area contributed by atoms with Crippen molar-refractivity contribution in [3.63, 3.8) is 0 Å². The molecule has 0 aliphatic carbocycles. The van der Waals surface area contributed by atoms with Gasteiger partial charge in [0.25, 0.3) is 6.29 Å². The Kier molecular flexibility index (Phi) is 46.2. The van der Waals surface area contributed by atoms with Crippen molar-refractivity contribution in [1.82, 2.24) is 0 Å². The molecule has 0 aliphatic heterocycles. The molecule has 9 nitrogen and oxygen atoms in total. The first-order chi connectivity index (χ1) is 32.1. The van der Waals surface area contributed by atoms with Gasteiger partial charge in [0.05, 0.1) is 34.4 Å². The lowest BCUT2D eigenvalue weighted by molar-refractivity contribution is -0.870. The van der Waals surface area contributed by atoms with Crippen LogP contribution in [0.5, 0.6) is 0 Å². The Morgan fingerprint density at radius 2 is 0.818 bits per heavy atom. The van der Waals surface area contributed by atoms with Crippen LogP contribution in [0.2, 0.25) is 0 Å². The number of esters is 2. The van der Waals surface area contributed by atoms with Gasteiger partial charge in [-0.2, -0.15) is 0 Å². The molecule has 0 saturated heterocycles. The number of unbranched alkanes of at least 4 members (excludes halogenated alkanes) is 24. The first kappa shape index (κ1) is 63.0. The van der Waals surface area contributed by atoms with Crippen molar-refractivity contribution in [1.29, 1.82) is 0 Å². The van der Waals surface area contributed by atoms with Crippen LogP contribution < -0.4 is 0 Å². The van der Waals surface area contributed by atoms with Crippen molar-refractivity contribution in [2.45, 2.75) is 238 Å². The quantitative estimate of drug-likeness (QED) is 0.0211. The Hall–Kier alpha value is -3.01. The zero-order chi connectivity index (χ0) is 48.4. The number of carbonyl (C=O) groups excluding carboxylic acids is 2. The number of ether oxygens (including phenoxy) is 4. The Morgan fingerprint density at radius 1 is 0.455 bits per heavy atom. The highest BCUT2D eigenvalue weighted by molar-refractivity contribution is 5.71. The maximum atomic E-state index is 12.8. The van der Waals surface area contributed by atoms with Gasteiger partial charge in [0, 0.05) is 12.8 Å². The number of aliphatic carboxylic acids is 1. The van der Waals surface area contributed by atoms with Crippen LogP contribution >= 0.6 is 0 Å². The summed E-state index contributed by atoms with van der Waals surface area (Å²) in [6.45, 7) is 4.84. The van der Waals surface area contributed by atoms with E-state index in [0.29, 0.717) is 17.4 Å². The van der Waals surface area contributed by atoms with E-state index in [2.05, 4.69) is 74.6 Å². The van der Waals surface area contributed by atoms with Gasteiger partial charge in [0.15, 0.2) is 6.10 Å². The molecule has 1 N–H and O–H groups in total. The molecule has 0 radical (unpaired) electrons. The molecule has 2 atom stereocenters. The summed E-state index contributed by atoms with van der Waals surface area (Å²) < 4.78 is 22.8. The Morgan fingerprint density at radius 3 is 1.23 bits per heavy atom. The average molecular weight is 929 g/mol. The molecule has 66 heavy (non-hydrogen) atoms. The molecule has 0 aromatic rings. The van der Waals surface area contributed by atoms with Gasteiger partial charge in [-0.15, -0.1) is 0 Å². The van der Waals surface area contributed by atoms with E-state index in [0.717, 1.165) is 77.0 Å². The van der Waals surface area contributed by atoms with Crippen LogP contribution in [0.15, 0.2) is 60.8 Å². The van der Waals surface area contributed by atoms with E-state index >= 15 is 0 Å². The zero-order valence-corrected chi connectivity index (χ0v) is 43.3. The third kappa shape index (κ3) is 48.9. The van der Waals surface area contributed by atoms with Gasteiger partial charge < -0.3 is 28.5 Å². The van der Waals surface area contributed by atoms with Crippen LogP contribution in [-0.4, -0.2) is 87.4 Å². The van der Waals surface area contributed by atoms with Crippen molar-refractivity contribution in [3.05, 3.63) is 60.8 Å². The Bertz CT molecular complexity index is 1270. The SMILES string of the molecule is CCCCCC/C=C\C/C=C\CCCCCCCCCC(=O)OCC(COC(OCC[N+](C)(C)C)C(=O)O)OC(=O)CCCCCCCCCC/C=C\C/C=C\C/C=C\CCCCCCC. The van der Waals surface area contributed by atoms with Gasteiger partial charge in [0.1, 0.15) is 13.2 Å². The number of allylic oxidation sites excluding steroid dienone is 10. The topological polar surface area (TPSA) is 108 Å². The molecular weight excluding hydrogens is 827 g/mol. The van der Waals surface area contributed by atoms with Crippen LogP contribution in [0.25, 0.3) is 0 Å². The number of likely N-dealkylation sites (N-methyl/N-ethyl adjacent to an activating group) is 1. The summed E-state index contributed by atoms with van der Waals surface area (Å²) in [5.41, 5.74) is 0. The largest absolute Gasteiger partial charge is 0.477 e. The van der Waals surface area contributed by atoms with Crippen LogP contribution in [0, 0.1) is 0 Å². The fraction of sp³-hybridized carbons (Fsp3) is 0.772. The lowest BCUT2D eigenvalue weighted by Crippen LogP contribution is -2.40. The Balaban J connectivity index is 4.35. The fourth-order valence-corrected chi connectivity index (χ4v) is 7.28. The fourth-order valence-electron chi connectivity index (χ4n) is 7.28. The molecule has 0 spiro atoms. The molecule has 0 aliphatic rings. The van der Waals surface area contributed by atoms with Crippen LogP contribution in [0.3, 0.4) is 0 Å². The van der Waals surface area contributed by atoms with Crippen molar-refractivity contribution >= 4 is 17.9 Å². The first-order valence-electron chi connectivity index (χ1n) is 27.0. The maximum Gasteiger partial charge on any atom is 0.361 e. The van der Waals surface area contributed by atoms with E-state index in [-0.39, 0.29) is 38.6 Å². The lowest BCUT2D eigenvalue weighted by atomic mass is 10.1. The molecule has 0 rings (SSSR count). The summed E-state index contributed by atoms with van der Waals surface area (Å²) in [6, 6.07) is 0. The van der Waals surface area contributed by atoms with Gasteiger partial charge >= 0.3 is 17.9 Å². The van der Waals surface area contributed by atoms with Crippen LogP contribution in [0.1, 0.15) is 226 Å². The Labute approximate surface area is 405 Å². The molecule has 382 valence electrons. The molecule has 0 aromatic carbocycles. The molecule has 2 unspecified atom stereocenters. The van der Waals surface area contributed by atoms with Gasteiger partial charge in [-0.3, -0.25) is 9.59 Å². The number of carboxylic acid groups (broad SMARTS) is 1. The van der Waals surface area contributed by atoms with Crippen LogP contribution in [-0.2, 0) is 33.3 Å². The predicted octanol–water partition coefficient (Wildman–Crippen LogP) is 15.3. The summed E-state index contributed by atoms with van der Waals surface area (Å²) >= 11 is 0. The number of quaternary nitrogens is 1. The molecule has 0 aromatic heterocycles. The first-order valence-corrected chi connectivity index (χ1v) is 27.0. The molecule has 0 amide bonds. The maximum absolute atomic E-state index is 12.8. The molecular formula is C57H102NO8+. The minimum atomic E-state index is -1.52. The second-order valence-electron chi connectivity index (χ2n) is 19.2. The average Bonchev–Trinajstić information content (AvgIpc) is 3.28. The third-order valence-corrected chi connectivity index (χ3v) is 11.5. The summed E-state index contributed by atoms with van der Waals surface area (Å²) in [6.07, 6.45) is 57.1. The summed E-state index contributed by atoms with van der Waals surface area (Å²) in [5, 5.41) is 9.68. The van der Waals surface area contributed by atoms with Gasteiger partial charge in [-0.25, -0.2) is 4.79 Å². The van der Waals surface area contributed by atoms with E-state index in [1.54, 1.807) is 0 Å². The van der Waals surface area contributed by atoms with E-state index in [9.17, 15) is 19.5 Å². The smallest absolute Gasteiger partial charge is 0.361 e. The highest BCUT2D eigenvalue weighted by Gasteiger charge is 2.25. The molecule has 9 heteroatoms. The highest BCUT2D eigenvalue weighted by atomic mass is 16.7. The number of hydrogen-bond donors (Lipinski definition) is 1. The second kappa shape index (κ2) is 48.4. The summed E-state index contributed by atoms with van der Waals surface area (Å²) in [4.78, 5) is 37.3. The highest BCUT2D eigenvalue weighted by Crippen LogP contribution is 2.14. The van der Waals surface area contributed by atoms with Gasteiger partial charge in [0.2, 0.25) is 0 Å². The van der Waals surface area contributed by atoms with E-state index in [1.807, 2.05) is 21.1 Å². The molecule has 0 saturated carbocycles. The van der Waals surface area contributed by atoms with Crippen molar-refractivity contribution in [2.24, 2.45) is 0 Å². The molecule has 0 heterocycles. The van der Waals surface area contributed by atoms with Crippen molar-refractivity contribution in [2.75, 3.05) is 47.5 Å². The number of hydrogen-bond acceptors (Lipinski definition) is 7. The normalized spacial score (nSPS) is 13.3. The molecule has 0 bridgehead atoms. The van der Waals surface area contributed by atoms with Crippen LogP contribution in [0.4, 0.5) is 0 Å². The van der Waals surface area contributed by atoms with Gasteiger partial charge in [-0.05, 0) is 83.5 Å². The van der Waals surface area contributed by atoms with E-state index in [4.69, 9.17) is 18.9 Å². The van der Waals surface area contributed by atoms with Gasteiger partial charge in [-0.1, -0.05) is 190 Å². The minimum Gasteiger partial charge on any atom is -0.477 e. The number of carboxylic acids is 1. The number of rotatable bonds is 49. The minimum absolute atomic E-state index is 0.183. The predicted molar refractivity (Wildman–Crippen MR) is 276 cm³/mol. The van der Waals surface area contributed by atoms with Crippen molar-refractivity contribution in [3.8, 4) is 0 Å². The lowest BCUT2D eigenvalue weighted by Gasteiger charge is -2.25. The molecule has 0 fully saturated rings. The van der Waals surface area contributed by atoms with E-state index < -0.39 is 24.3 Å². The standard InChI is InChI=1S/C57H101NO8/c1-6-8-10-12-14-16-18-20-22-24-26-27-28-29-30-32-34-36-38-40-42-44-46-48-55(60)66-53(52-65-57(56(61)62)63-50-49-58(3,4)5)51-64-54(59)47-45-43-41-39-37-35-33-31-25-23-21-19-17-15-13-11-9-7-2/h17-20,23-26,28-29,53,57H,6-16,21-22,27,30-52H2,1-5H3/p+1/b19-17-,20-18-,25-23-,26-24-,29-28-. The van der Waals surface area contributed by atoms with Crippen molar-refractivity contribution < 1.29 is 42.9 Å². The third-order valence-electron chi connectivity index (χ3n) is 11.5. The summed E-state index contributed by atoms with van der Waals surface area (Å²) in [5.74, 6) is -2.03. The monoisotopic (exact) mass is 929 g/mol. The summed E-state index contributed by atoms with van der Waals surface area (Å²) in [7, 11) is 5.96. The van der Waals surface area contributed by atoms with E-state index in [1.165, 1.54) is 116 Å².